The normalized spacial score (nSPS) is 24.1. The van der Waals surface area contributed by atoms with Crippen molar-refractivity contribution in [3.8, 4) is 0 Å². The maximum absolute atomic E-state index is 11.6. The van der Waals surface area contributed by atoms with Gasteiger partial charge in [0.05, 0.1) is 12.5 Å². The monoisotopic (exact) mass is 247 g/mol. The van der Waals surface area contributed by atoms with E-state index in [9.17, 15) is 4.79 Å². The number of piperidine rings is 1. The van der Waals surface area contributed by atoms with Crippen LogP contribution in [0.1, 0.15) is 26.7 Å². The SMILES string of the molecule is CCOC(=O)C1CCCN(CC(C)CCl)C1. The number of hydrogen-bond acceptors (Lipinski definition) is 3. The van der Waals surface area contributed by atoms with Crippen LogP contribution in [0.4, 0.5) is 0 Å². The van der Waals surface area contributed by atoms with Gasteiger partial charge in [0.15, 0.2) is 0 Å². The highest BCUT2D eigenvalue weighted by Crippen LogP contribution is 2.19. The van der Waals surface area contributed by atoms with Crippen molar-refractivity contribution in [1.29, 1.82) is 0 Å². The molecule has 0 saturated carbocycles. The number of ether oxygens (including phenoxy) is 1. The minimum absolute atomic E-state index is 0.0364. The van der Waals surface area contributed by atoms with Crippen LogP contribution in [0.5, 0.6) is 0 Å². The Morgan fingerprint density at radius 2 is 2.38 bits per heavy atom. The summed E-state index contributed by atoms with van der Waals surface area (Å²) in [4.78, 5) is 14.0. The highest BCUT2D eigenvalue weighted by molar-refractivity contribution is 6.18. The third-order valence-corrected chi connectivity index (χ3v) is 3.49. The van der Waals surface area contributed by atoms with E-state index in [1.807, 2.05) is 6.92 Å². The fourth-order valence-electron chi connectivity index (χ4n) is 2.16. The molecule has 3 nitrogen and oxygen atoms in total. The maximum atomic E-state index is 11.6. The van der Waals surface area contributed by atoms with Crippen LogP contribution in [0.2, 0.25) is 0 Å². The van der Waals surface area contributed by atoms with Crippen LogP contribution in [0.3, 0.4) is 0 Å². The molecule has 94 valence electrons. The Kier molecular flexibility index (Phi) is 6.14. The van der Waals surface area contributed by atoms with Gasteiger partial charge < -0.3 is 9.64 Å². The lowest BCUT2D eigenvalue weighted by molar-refractivity contribution is -0.150. The van der Waals surface area contributed by atoms with Crippen molar-refractivity contribution in [2.75, 3.05) is 32.1 Å². The zero-order valence-electron chi connectivity index (χ0n) is 10.2. The summed E-state index contributed by atoms with van der Waals surface area (Å²) in [5.74, 6) is 1.20. The first kappa shape index (κ1) is 13.8. The molecular formula is C12H22ClNO2. The number of nitrogens with zero attached hydrogens (tertiary/aromatic N) is 1. The summed E-state index contributed by atoms with van der Waals surface area (Å²) in [7, 11) is 0. The van der Waals surface area contributed by atoms with Gasteiger partial charge >= 0.3 is 5.97 Å². The summed E-state index contributed by atoms with van der Waals surface area (Å²) < 4.78 is 5.07. The van der Waals surface area contributed by atoms with Crippen LogP contribution in [-0.2, 0) is 9.53 Å². The number of likely N-dealkylation sites (tertiary alicyclic amines) is 1. The van der Waals surface area contributed by atoms with Gasteiger partial charge in [0.25, 0.3) is 0 Å². The molecule has 0 spiro atoms. The zero-order chi connectivity index (χ0) is 12.0. The number of rotatable bonds is 5. The molecule has 1 aliphatic rings. The lowest BCUT2D eigenvalue weighted by atomic mass is 9.97. The van der Waals surface area contributed by atoms with Gasteiger partial charge in [-0.1, -0.05) is 6.92 Å². The third kappa shape index (κ3) is 4.30. The topological polar surface area (TPSA) is 29.5 Å². The largest absolute Gasteiger partial charge is 0.466 e. The van der Waals surface area contributed by atoms with Crippen molar-refractivity contribution in [3.63, 3.8) is 0 Å². The van der Waals surface area contributed by atoms with Crippen molar-refractivity contribution in [2.24, 2.45) is 11.8 Å². The lowest BCUT2D eigenvalue weighted by Crippen LogP contribution is -2.41. The molecule has 0 aromatic rings. The first-order valence-corrected chi connectivity index (χ1v) is 6.65. The molecule has 1 rings (SSSR count). The Morgan fingerprint density at radius 1 is 1.62 bits per heavy atom. The average molecular weight is 248 g/mol. The van der Waals surface area contributed by atoms with Crippen molar-refractivity contribution < 1.29 is 9.53 Å². The van der Waals surface area contributed by atoms with Gasteiger partial charge in [-0.25, -0.2) is 0 Å². The minimum atomic E-state index is -0.0364. The van der Waals surface area contributed by atoms with Gasteiger partial charge in [-0.2, -0.15) is 0 Å². The van der Waals surface area contributed by atoms with E-state index in [4.69, 9.17) is 16.3 Å². The van der Waals surface area contributed by atoms with Crippen molar-refractivity contribution in [2.45, 2.75) is 26.7 Å². The molecule has 0 radical (unpaired) electrons. The average Bonchev–Trinajstić information content (AvgIpc) is 2.29. The fourth-order valence-corrected chi connectivity index (χ4v) is 2.26. The second-order valence-corrected chi connectivity index (χ2v) is 4.92. The molecule has 0 amide bonds. The fraction of sp³-hybridized carbons (Fsp3) is 0.917. The molecule has 0 aromatic heterocycles. The molecule has 2 unspecified atom stereocenters. The number of halogens is 1. The quantitative estimate of drug-likeness (QED) is 0.551. The number of esters is 1. The third-order valence-electron chi connectivity index (χ3n) is 2.96. The molecule has 4 heteroatoms. The first-order chi connectivity index (χ1) is 7.67. The van der Waals surface area contributed by atoms with E-state index in [1.165, 1.54) is 0 Å². The zero-order valence-corrected chi connectivity index (χ0v) is 11.0. The predicted octanol–water partition coefficient (Wildman–Crippen LogP) is 2.14. The number of alkyl halides is 1. The Labute approximate surface area is 103 Å². The summed E-state index contributed by atoms with van der Waals surface area (Å²) in [5.41, 5.74) is 0. The second-order valence-electron chi connectivity index (χ2n) is 4.61. The summed E-state index contributed by atoms with van der Waals surface area (Å²) in [6.07, 6.45) is 2.04. The summed E-state index contributed by atoms with van der Waals surface area (Å²) >= 11 is 5.80. The number of hydrogen-bond donors (Lipinski definition) is 0. The van der Waals surface area contributed by atoms with Gasteiger partial charge in [0, 0.05) is 19.0 Å². The lowest BCUT2D eigenvalue weighted by Gasteiger charge is -2.32. The molecule has 0 aromatic carbocycles. The van der Waals surface area contributed by atoms with Crippen LogP contribution < -0.4 is 0 Å². The summed E-state index contributed by atoms with van der Waals surface area (Å²) in [5, 5.41) is 0. The molecular weight excluding hydrogens is 226 g/mol. The highest BCUT2D eigenvalue weighted by Gasteiger charge is 2.27. The van der Waals surface area contributed by atoms with Gasteiger partial charge in [-0.15, -0.1) is 11.6 Å². The Morgan fingerprint density at radius 3 is 3.00 bits per heavy atom. The molecule has 1 aliphatic heterocycles. The van der Waals surface area contributed by atoms with Gasteiger partial charge in [0.1, 0.15) is 0 Å². The Bertz CT molecular complexity index is 223. The standard InChI is InChI=1S/C12H22ClNO2/c1-3-16-12(15)11-5-4-6-14(9-11)8-10(2)7-13/h10-11H,3-9H2,1-2H3. The molecule has 1 saturated heterocycles. The van der Waals surface area contributed by atoms with Crippen LogP contribution >= 0.6 is 11.6 Å². The van der Waals surface area contributed by atoms with Gasteiger partial charge in [0.2, 0.25) is 0 Å². The summed E-state index contributed by atoms with van der Waals surface area (Å²) in [6.45, 7) is 7.37. The van der Waals surface area contributed by atoms with E-state index in [1.54, 1.807) is 0 Å². The van der Waals surface area contributed by atoms with Crippen molar-refractivity contribution in [3.05, 3.63) is 0 Å². The molecule has 2 atom stereocenters. The Balaban J connectivity index is 2.37. The molecule has 16 heavy (non-hydrogen) atoms. The molecule has 1 heterocycles. The van der Waals surface area contributed by atoms with E-state index < -0.39 is 0 Å². The van der Waals surface area contributed by atoms with Gasteiger partial charge in [-0.3, -0.25) is 4.79 Å². The van der Waals surface area contributed by atoms with Crippen molar-refractivity contribution in [1.82, 2.24) is 4.90 Å². The predicted molar refractivity (Wildman–Crippen MR) is 65.7 cm³/mol. The smallest absolute Gasteiger partial charge is 0.310 e. The number of carbonyl (C=O) groups is 1. The Hall–Kier alpha value is -0.280. The molecule has 0 bridgehead atoms. The van der Waals surface area contributed by atoms with Crippen LogP contribution in [0, 0.1) is 11.8 Å². The second kappa shape index (κ2) is 7.13. The van der Waals surface area contributed by atoms with E-state index in [0.29, 0.717) is 18.4 Å². The molecule has 0 aliphatic carbocycles. The van der Waals surface area contributed by atoms with Gasteiger partial charge in [-0.05, 0) is 32.2 Å². The van der Waals surface area contributed by atoms with E-state index in [-0.39, 0.29) is 11.9 Å². The minimum Gasteiger partial charge on any atom is -0.466 e. The van der Waals surface area contributed by atoms with Crippen LogP contribution in [0.15, 0.2) is 0 Å². The van der Waals surface area contributed by atoms with Crippen LogP contribution in [-0.4, -0.2) is 43.0 Å². The number of carbonyl (C=O) groups excluding carboxylic acids is 1. The van der Waals surface area contributed by atoms with E-state index in [2.05, 4.69) is 11.8 Å². The van der Waals surface area contributed by atoms with E-state index >= 15 is 0 Å². The van der Waals surface area contributed by atoms with Crippen LogP contribution in [0.25, 0.3) is 0 Å². The first-order valence-electron chi connectivity index (χ1n) is 6.12. The maximum Gasteiger partial charge on any atom is 0.310 e. The highest BCUT2D eigenvalue weighted by atomic mass is 35.5. The molecule has 1 fully saturated rings. The molecule has 0 N–H and O–H groups in total. The summed E-state index contributed by atoms with van der Waals surface area (Å²) in [6, 6.07) is 0. The van der Waals surface area contributed by atoms with E-state index in [0.717, 1.165) is 32.5 Å². The van der Waals surface area contributed by atoms with Crippen molar-refractivity contribution >= 4 is 17.6 Å².